The lowest BCUT2D eigenvalue weighted by Gasteiger charge is -2.14. The molecule has 0 aromatic heterocycles. The van der Waals surface area contributed by atoms with Crippen molar-refractivity contribution in [2.45, 2.75) is 37.9 Å². The highest BCUT2D eigenvalue weighted by molar-refractivity contribution is 7.91. The Balaban J connectivity index is 1.51. The van der Waals surface area contributed by atoms with Gasteiger partial charge in [-0.25, -0.2) is 13.2 Å². The Hall–Kier alpha value is -2.13. The Morgan fingerprint density at radius 2 is 2.04 bits per heavy atom. The molecule has 0 unspecified atom stereocenters. The minimum Gasteiger partial charge on any atom is -0.352 e. The molecule has 3 rings (SSSR count). The Morgan fingerprint density at radius 1 is 1.30 bits per heavy atom. The first-order valence-corrected chi connectivity index (χ1v) is 10.8. The second-order valence-corrected chi connectivity index (χ2v) is 9.36. The van der Waals surface area contributed by atoms with Gasteiger partial charge in [0.15, 0.2) is 9.84 Å². The van der Waals surface area contributed by atoms with E-state index in [0.29, 0.717) is 17.0 Å². The Labute approximate surface area is 162 Å². The molecule has 0 aliphatic carbocycles. The summed E-state index contributed by atoms with van der Waals surface area (Å²) in [7, 11) is -3.07. The molecule has 0 bridgehead atoms. The molecular weight excluding hydrogens is 394 g/mol. The predicted octanol–water partition coefficient (Wildman–Crippen LogP) is 0.844. The molecule has 0 saturated carbocycles. The second-order valence-electron chi connectivity index (χ2n) is 6.72. The maximum atomic E-state index is 12.5. The Bertz CT molecular complexity index is 873. The first-order valence-electron chi connectivity index (χ1n) is 8.60. The number of carbonyl (C=O) groups excluding carboxylic acids is 3. The lowest BCUT2D eigenvalue weighted by molar-refractivity contribution is -0.128. The summed E-state index contributed by atoms with van der Waals surface area (Å²) >= 11 is 6.07. The zero-order valence-corrected chi connectivity index (χ0v) is 16.1. The maximum absolute atomic E-state index is 12.5. The van der Waals surface area contributed by atoms with E-state index < -0.39 is 27.8 Å². The number of hydrogen-bond acceptors (Lipinski definition) is 5. The van der Waals surface area contributed by atoms with E-state index in [9.17, 15) is 22.8 Å². The van der Waals surface area contributed by atoms with Crippen LogP contribution < -0.4 is 10.6 Å². The van der Waals surface area contributed by atoms with Gasteiger partial charge < -0.3 is 10.6 Å². The van der Waals surface area contributed by atoms with Gasteiger partial charge in [-0.3, -0.25) is 14.5 Å². The molecule has 0 radical (unpaired) electrons. The lowest BCUT2D eigenvalue weighted by atomic mass is 10.1. The van der Waals surface area contributed by atoms with E-state index in [2.05, 4.69) is 10.6 Å². The van der Waals surface area contributed by atoms with E-state index in [1.54, 1.807) is 24.3 Å². The van der Waals surface area contributed by atoms with Crippen molar-refractivity contribution in [3.05, 3.63) is 34.9 Å². The number of halogens is 1. The highest BCUT2D eigenvalue weighted by atomic mass is 35.5. The van der Waals surface area contributed by atoms with Crippen LogP contribution in [-0.4, -0.2) is 54.8 Å². The summed E-state index contributed by atoms with van der Waals surface area (Å²) in [5.41, 5.74) is 0.656. The van der Waals surface area contributed by atoms with E-state index in [-0.39, 0.29) is 42.8 Å². The number of nitrogens with one attached hydrogen (secondary N) is 2. The molecular formula is C17H20ClN3O5S. The van der Waals surface area contributed by atoms with Crippen molar-refractivity contribution in [2.24, 2.45) is 0 Å². The standard InChI is InChI=1S/C17H20ClN3O5S/c18-13-4-2-1-3-11(13)9-21-16(23)14(20-17(21)24)5-6-15(22)19-12-7-8-27(25,26)10-12/h1-4,12,14H,5-10H2,(H,19,22)(H,20,24)/t12-,14+/m1/s1. The molecule has 8 nitrogen and oxygen atoms in total. The van der Waals surface area contributed by atoms with Gasteiger partial charge in [0.05, 0.1) is 18.1 Å². The van der Waals surface area contributed by atoms with Crippen molar-refractivity contribution in [1.82, 2.24) is 15.5 Å². The fourth-order valence-electron chi connectivity index (χ4n) is 3.20. The van der Waals surface area contributed by atoms with Gasteiger partial charge in [0.2, 0.25) is 5.91 Å². The molecule has 2 aliphatic rings. The predicted molar refractivity (Wildman–Crippen MR) is 98.8 cm³/mol. The van der Waals surface area contributed by atoms with Crippen LogP contribution in [0, 0.1) is 0 Å². The lowest BCUT2D eigenvalue weighted by Crippen LogP contribution is -2.37. The minimum absolute atomic E-state index is 0.0210. The molecule has 2 N–H and O–H groups in total. The van der Waals surface area contributed by atoms with E-state index in [1.165, 1.54) is 0 Å². The van der Waals surface area contributed by atoms with Crippen LogP contribution in [0.5, 0.6) is 0 Å². The van der Waals surface area contributed by atoms with Crippen LogP contribution in [0.4, 0.5) is 4.79 Å². The van der Waals surface area contributed by atoms with Crippen molar-refractivity contribution in [3.8, 4) is 0 Å². The van der Waals surface area contributed by atoms with Crippen LogP contribution in [0.3, 0.4) is 0 Å². The molecule has 146 valence electrons. The van der Waals surface area contributed by atoms with Crippen molar-refractivity contribution < 1.29 is 22.8 Å². The van der Waals surface area contributed by atoms with Crippen LogP contribution >= 0.6 is 11.6 Å². The van der Waals surface area contributed by atoms with Crippen molar-refractivity contribution in [3.63, 3.8) is 0 Å². The van der Waals surface area contributed by atoms with E-state index in [4.69, 9.17) is 11.6 Å². The third-order valence-electron chi connectivity index (χ3n) is 4.65. The monoisotopic (exact) mass is 413 g/mol. The molecule has 2 saturated heterocycles. The summed E-state index contributed by atoms with van der Waals surface area (Å²) in [6.45, 7) is 0.0625. The molecule has 1 aromatic rings. The average Bonchev–Trinajstić information content (AvgIpc) is 3.07. The molecule has 1 aromatic carbocycles. The summed E-state index contributed by atoms with van der Waals surface area (Å²) in [5.74, 6) is -0.713. The summed E-state index contributed by atoms with van der Waals surface area (Å²) in [6.07, 6.45) is 0.570. The number of hydrogen-bond donors (Lipinski definition) is 2. The number of nitrogens with zero attached hydrogens (tertiary/aromatic N) is 1. The van der Waals surface area contributed by atoms with E-state index >= 15 is 0 Å². The number of carbonyl (C=O) groups is 3. The third kappa shape index (κ3) is 4.78. The summed E-state index contributed by atoms with van der Waals surface area (Å²) in [6, 6.07) is 5.26. The second kappa shape index (κ2) is 7.85. The van der Waals surface area contributed by atoms with Gasteiger partial charge in [0, 0.05) is 17.5 Å². The van der Waals surface area contributed by atoms with Gasteiger partial charge in [0.25, 0.3) is 5.91 Å². The maximum Gasteiger partial charge on any atom is 0.325 e. The number of amides is 4. The summed E-state index contributed by atoms with van der Waals surface area (Å²) in [4.78, 5) is 37.6. The minimum atomic E-state index is -3.07. The van der Waals surface area contributed by atoms with Gasteiger partial charge in [-0.2, -0.15) is 0 Å². The zero-order chi connectivity index (χ0) is 19.6. The Morgan fingerprint density at radius 3 is 2.70 bits per heavy atom. The van der Waals surface area contributed by atoms with Crippen LogP contribution in [0.25, 0.3) is 0 Å². The zero-order valence-electron chi connectivity index (χ0n) is 14.5. The first-order chi connectivity index (χ1) is 12.7. The smallest absolute Gasteiger partial charge is 0.325 e. The topological polar surface area (TPSA) is 113 Å². The molecule has 4 amide bonds. The highest BCUT2D eigenvalue weighted by Gasteiger charge is 2.38. The summed E-state index contributed by atoms with van der Waals surface area (Å²) in [5, 5.41) is 5.71. The summed E-state index contributed by atoms with van der Waals surface area (Å²) < 4.78 is 22.8. The van der Waals surface area contributed by atoms with Crippen LogP contribution in [-0.2, 0) is 26.0 Å². The van der Waals surface area contributed by atoms with Crippen LogP contribution in [0.1, 0.15) is 24.8 Å². The number of urea groups is 1. The SMILES string of the molecule is O=C(CC[C@@H]1NC(=O)N(Cc2ccccc2Cl)C1=O)N[C@@H]1CCS(=O)(=O)C1. The van der Waals surface area contributed by atoms with Gasteiger partial charge in [-0.05, 0) is 24.5 Å². The molecule has 2 atom stereocenters. The molecule has 10 heteroatoms. The van der Waals surface area contributed by atoms with Crippen molar-refractivity contribution >= 4 is 39.3 Å². The molecule has 2 heterocycles. The number of sulfone groups is 1. The van der Waals surface area contributed by atoms with E-state index in [1.807, 2.05) is 0 Å². The highest BCUT2D eigenvalue weighted by Crippen LogP contribution is 2.20. The van der Waals surface area contributed by atoms with E-state index in [0.717, 1.165) is 4.90 Å². The number of benzene rings is 1. The van der Waals surface area contributed by atoms with Gasteiger partial charge in [-0.1, -0.05) is 29.8 Å². The number of imide groups is 1. The number of rotatable bonds is 6. The normalized spacial score (nSPS) is 24.1. The fraction of sp³-hybridized carbons (Fsp3) is 0.471. The van der Waals surface area contributed by atoms with Crippen LogP contribution in [0.2, 0.25) is 5.02 Å². The van der Waals surface area contributed by atoms with Crippen LogP contribution in [0.15, 0.2) is 24.3 Å². The molecule has 27 heavy (non-hydrogen) atoms. The Kier molecular flexibility index (Phi) is 5.71. The third-order valence-corrected chi connectivity index (χ3v) is 6.79. The quantitative estimate of drug-likeness (QED) is 0.671. The van der Waals surface area contributed by atoms with Crippen molar-refractivity contribution in [1.29, 1.82) is 0 Å². The molecule has 2 aliphatic heterocycles. The molecule has 0 spiro atoms. The average molecular weight is 414 g/mol. The van der Waals surface area contributed by atoms with Crippen molar-refractivity contribution in [2.75, 3.05) is 11.5 Å². The van der Waals surface area contributed by atoms with Gasteiger partial charge in [-0.15, -0.1) is 0 Å². The largest absolute Gasteiger partial charge is 0.352 e. The van der Waals surface area contributed by atoms with Gasteiger partial charge >= 0.3 is 6.03 Å². The van der Waals surface area contributed by atoms with Gasteiger partial charge in [0.1, 0.15) is 6.04 Å². The molecule has 2 fully saturated rings. The first kappa shape index (κ1) is 19.6. The fourth-order valence-corrected chi connectivity index (χ4v) is 5.07.